The summed E-state index contributed by atoms with van der Waals surface area (Å²) in [5, 5.41) is 0. The molecule has 1 fully saturated rings. The highest BCUT2D eigenvalue weighted by molar-refractivity contribution is 5.77. The molecular formula is C16H21N3O4. The number of aromatic amines is 1. The first-order valence-electron chi connectivity index (χ1n) is 7.76. The molecule has 1 amide bonds. The number of amides is 1. The van der Waals surface area contributed by atoms with Crippen molar-refractivity contribution in [2.24, 2.45) is 0 Å². The highest BCUT2D eigenvalue weighted by Gasteiger charge is 2.19. The number of benzene rings is 1. The Bertz CT molecular complexity index is 730. The van der Waals surface area contributed by atoms with Crippen LogP contribution in [0.2, 0.25) is 0 Å². The van der Waals surface area contributed by atoms with Gasteiger partial charge in [0.05, 0.1) is 37.0 Å². The second-order valence-corrected chi connectivity index (χ2v) is 5.69. The Morgan fingerprint density at radius 1 is 1.39 bits per heavy atom. The number of ether oxygens (including phenoxy) is 2. The van der Waals surface area contributed by atoms with Crippen LogP contribution < -0.4 is 5.69 Å². The second-order valence-electron chi connectivity index (χ2n) is 5.69. The highest BCUT2D eigenvalue weighted by atomic mass is 16.6. The number of carbonyl (C=O) groups excluding carboxylic acids is 1. The molecule has 0 spiro atoms. The second kappa shape index (κ2) is 6.97. The molecule has 23 heavy (non-hydrogen) atoms. The molecule has 3 rings (SSSR count). The van der Waals surface area contributed by atoms with Crippen molar-refractivity contribution in [1.29, 1.82) is 0 Å². The summed E-state index contributed by atoms with van der Waals surface area (Å²) >= 11 is 0. The van der Waals surface area contributed by atoms with E-state index in [9.17, 15) is 9.59 Å². The molecule has 7 heteroatoms. The smallest absolute Gasteiger partial charge is 0.326 e. The van der Waals surface area contributed by atoms with Crippen molar-refractivity contribution in [3.05, 3.63) is 34.7 Å². The van der Waals surface area contributed by atoms with Crippen LogP contribution in [0.5, 0.6) is 0 Å². The van der Waals surface area contributed by atoms with Crippen molar-refractivity contribution in [3.63, 3.8) is 0 Å². The van der Waals surface area contributed by atoms with E-state index in [1.807, 2.05) is 24.3 Å². The minimum absolute atomic E-state index is 0.0173. The number of hydrogen-bond acceptors (Lipinski definition) is 4. The van der Waals surface area contributed by atoms with E-state index in [2.05, 4.69) is 4.98 Å². The van der Waals surface area contributed by atoms with Gasteiger partial charge in [-0.2, -0.15) is 0 Å². The molecule has 1 aliphatic heterocycles. The van der Waals surface area contributed by atoms with Crippen LogP contribution in [0.3, 0.4) is 0 Å². The van der Waals surface area contributed by atoms with E-state index in [0.717, 1.165) is 11.0 Å². The zero-order valence-corrected chi connectivity index (χ0v) is 13.2. The quantitative estimate of drug-likeness (QED) is 0.875. The Morgan fingerprint density at radius 3 is 3.00 bits per heavy atom. The zero-order chi connectivity index (χ0) is 16.2. The largest absolute Gasteiger partial charge is 0.376 e. The number of rotatable bonds is 5. The van der Waals surface area contributed by atoms with Gasteiger partial charge in [0.2, 0.25) is 5.91 Å². The topological polar surface area (TPSA) is 76.6 Å². The van der Waals surface area contributed by atoms with Crippen LogP contribution >= 0.6 is 0 Å². The summed E-state index contributed by atoms with van der Waals surface area (Å²) in [4.78, 5) is 28.7. The maximum absolute atomic E-state index is 12.3. The number of para-hydroxylation sites is 2. The Morgan fingerprint density at radius 2 is 2.22 bits per heavy atom. The van der Waals surface area contributed by atoms with Crippen molar-refractivity contribution in [1.82, 2.24) is 14.5 Å². The van der Waals surface area contributed by atoms with Crippen molar-refractivity contribution in [2.45, 2.75) is 19.1 Å². The monoisotopic (exact) mass is 319 g/mol. The molecule has 0 aliphatic carbocycles. The summed E-state index contributed by atoms with van der Waals surface area (Å²) in [5.41, 5.74) is 1.41. The van der Waals surface area contributed by atoms with Crippen molar-refractivity contribution < 1.29 is 14.3 Å². The lowest BCUT2D eigenvalue weighted by atomic mass is 10.3. The van der Waals surface area contributed by atoms with Gasteiger partial charge in [0, 0.05) is 26.6 Å². The van der Waals surface area contributed by atoms with E-state index < -0.39 is 0 Å². The molecule has 1 atom stereocenters. The summed E-state index contributed by atoms with van der Waals surface area (Å²) in [6, 6.07) is 7.46. The van der Waals surface area contributed by atoms with Gasteiger partial charge in [-0.1, -0.05) is 12.1 Å². The molecule has 0 saturated carbocycles. The van der Waals surface area contributed by atoms with E-state index >= 15 is 0 Å². The summed E-state index contributed by atoms with van der Waals surface area (Å²) in [6.45, 7) is 2.55. The SMILES string of the molecule is CN(C[C@H]1COCCO1)C(=O)CCn1c(=O)[nH]c2ccccc21. The van der Waals surface area contributed by atoms with Crippen LogP contribution in [0.4, 0.5) is 0 Å². The van der Waals surface area contributed by atoms with E-state index in [1.165, 1.54) is 0 Å². The fourth-order valence-electron chi connectivity index (χ4n) is 2.78. The third-order valence-electron chi connectivity index (χ3n) is 4.02. The molecule has 2 aromatic rings. The van der Waals surface area contributed by atoms with Gasteiger partial charge in [-0.05, 0) is 12.1 Å². The molecule has 7 nitrogen and oxygen atoms in total. The summed E-state index contributed by atoms with van der Waals surface area (Å²) in [5.74, 6) is -0.0173. The Hall–Kier alpha value is -2.12. The van der Waals surface area contributed by atoms with Gasteiger partial charge in [0.1, 0.15) is 0 Å². The fourth-order valence-corrected chi connectivity index (χ4v) is 2.78. The van der Waals surface area contributed by atoms with Crippen LogP contribution in [0.1, 0.15) is 6.42 Å². The van der Waals surface area contributed by atoms with Gasteiger partial charge in [-0.3, -0.25) is 9.36 Å². The molecule has 1 saturated heterocycles. The predicted molar refractivity (Wildman–Crippen MR) is 85.4 cm³/mol. The van der Waals surface area contributed by atoms with E-state index in [-0.39, 0.29) is 24.1 Å². The Kier molecular flexibility index (Phi) is 4.78. The first kappa shape index (κ1) is 15.8. The van der Waals surface area contributed by atoms with E-state index in [4.69, 9.17) is 9.47 Å². The lowest BCUT2D eigenvalue weighted by Crippen LogP contribution is -2.41. The number of aromatic nitrogens is 2. The van der Waals surface area contributed by atoms with Crippen molar-refractivity contribution >= 4 is 16.9 Å². The molecule has 1 N–H and O–H groups in total. The number of nitrogens with one attached hydrogen (secondary N) is 1. The number of carbonyl (C=O) groups is 1. The van der Waals surface area contributed by atoms with E-state index in [1.54, 1.807) is 16.5 Å². The summed E-state index contributed by atoms with van der Waals surface area (Å²) in [6.07, 6.45) is 0.194. The minimum Gasteiger partial charge on any atom is -0.376 e. The van der Waals surface area contributed by atoms with Crippen LogP contribution in [0, 0.1) is 0 Å². The van der Waals surface area contributed by atoms with Crippen LogP contribution in [0.25, 0.3) is 11.0 Å². The molecule has 0 unspecified atom stereocenters. The van der Waals surface area contributed by atoms with Crippen LogP contribution in [0.15, 0.2) is 29.1 Å². The molecule has 1 aromatic carbocycles. The van der Waals surface area contributed by atoms with Crippen LogP contribution in [-0.4, -0.2) is 59.9 Å². The number of imidazole rings is 1. The molecule has 0 bridgehead atoms. The molecule has 124 valence electrons. The normalized spacial score (nSPS) is 18.2. The lowest BCUT2D eigenvalue weighted by Gasteiger charge is -2.27. The van der Waals surface area contributed by atoms with Gasteiger partial charge in [0.25, 0.3) is 0 Å². The highest BCUT2D eigenvalue weighted by Crippen LogP contribution is 2.10. The molecule has 1 aromatic heterocycles. The van der Waals surface area contributed by atoms with Crippen LogP contribution in [-0.2, 0) is 20.8 Å². The number of H-pyrrole nitrogens is 1. The average molecular weight is 319 g/mol. The Labute approximate surface area is 133 Å². The van der Waals surface area contributed by atoms with E-state index in [0.29, 0.717) is 32.9 Å². The Balaban J connectivity index is 1.59. The maximum atomic E-state index is 12.3. The molecule has 0 radical (unpaired) electrons. The minimum atomic E-state index is -0.189. The van der Waals surface area contributed by atoms with Gasteiger partial charge in [-0.15, -0.1) is 0 Å². The fraction of sp³-hybridized carbons (Fsp3) is 0.500. The molecular weight excluding hydrogens is 298 g/mol. The molecule has 1 aliphatic rings. The third kappa shape index (κ3) is 3.62. The average Bonchev–Trinajstić information content (AvgIpc) is 2.88. The first-order chi connectivity index (χ1) is 11.1. The summed E-state index contributed by atoms with van der Waals surface area (Å²) < 4.78 is 12.5. The van der Waals surface area contributed by atoms with Crippen molar-refractivity contribution in [2.75, 3.05) is 33.4 Å². The first-order valence-corrected chi connectivity index (χ1v) is 7.76. The number of fused-ring (bicyclic) bond motifs is 1. The van der Waals surface area contributed by atoms with Crippen molar-refractivity contribution in [3.8, 4) is 0 Å². The number of aryl methyl sites for hydroxylation is 1. The van der Waals surface area contributed by atoms with Gasteiger partial charge < -0.3 is 19.4 Å². The standard InChI is InChI=1S/C16H21N3O4/c1-18(10-12-11-22-8-9-23-12)15(20)6-7-19-14-5-3-2-4-13(14)17-16(19)21/h2-5,12H,6-11H2,1H3,(H,17,21)/t12-/m0/s1. The predicted octanol–water partition coefficient (Wildman–Crippen LogP) is 0.594. The lowest BCUT2D eigenvalue weighted by molar-refractivity contribution is -0.136. The number of nitrogens with zero attached hydrogens (tertiary/aromatic N) is 2. The summed E-state index contributed by atoms with van der Waals surface area (Å²) in [7, 11) is 1.75. The van der Waals surface area contributed by atoms with Gasteiger partial charge in [-0.25, -0.2) is 4.79 Å². The zero-order valence-electron chi connectivity index (χ0n) is 13.2. The maximum Gasteiger partial charge on any atom is 0.326 e. The third-order valence-corrected chi connectivity index (χ3v) is 4.02. The molecule has 2 heterocycles. The van der Waals surface area contributed by atoms with Gasteiger partial charge >= 0.3 is 5.69 Å². The number of hydrogen-bond donors (Lipinski definition) is 1. The van der Waals surface area contributed by atoms with Gasteiger partial charge in [0.15, 0.2) is 0 Å². The number of likely N-dealkylation sites (N-methyl/N-ethyl adjacent to an activating group) is 1.